The third kappa shape index (κ3) is 3.44. The van der Waals surface area contributed by atoms with E-state index < -0.39 is 0 Å². The molecule has 0 aromatic carbocycles. The average Bonchev–Trinajstić information content (AvgIpc) is 3.18. The molecule has 0 N–H and O–H groups in total. The summed E-state index contributed by atoms with van der Waals surface area (Å²) in [7, 11) is 0. The van der Waals surface area contributed by atoms with Crippen LogP contribution in [-0.4, -0.2) is 45.6 Å². The fourth-order valence-corrected chi connectivity index (χ4v) is 3.77. The van der Waals surface area contributed by atoms with Gasteiger partial charge >= 0.3 is 0 Å². The van der Waals surface area contributed by atoms with E-state index in [9.17, 15) is 0 Å². The van der Waals surface area contributed by atoms with Gasteiger partial charge in [-0.15, -0.1) is 11.3 Å². The summed E-state index contributed by atoms with van der Waals surface area (Å²) in [5.74, 6) is 0.463. The Bertz CT molecular complexity index is 755. The number of nitrogens with zero attached hydrogens (tertiary/aromatic N) is 4. The summed E-state index contributed by atoms with van der Waals surface area (Å²) >= 11 is 1.66. The van der Waals surface area contributed by atoms with E-state index in [1.807, 2.05) is 17.9 Å². The van der Waals surface area contributed by atoms with Gasteiger partial charge in [0.2, 0.25) is 0 Å². The molecule has 1 aliphatic rings. The molecule has 3 aromatic rings. The highest BCUT2D eigenvalue weighted by Gasteiger charge is 2.21. The van der Waals surface area contributed by atoms with Crippen molar-refractivity contribution < 1.29 is 4.74 Å². The summed E-state index contributed by atoms with van der Waals surface area (Å²) in [6.45, 7) is 4.50. The van der Waals surface area contributed by atoms with Gasteiger partial charge in [-0.2, -0.15) is 0 Å². The van der Waals surface area contributed by atoms with Crippen molar-refractivity contribution in [1.29, 1.82) is 0 Å². The molecule has 1 saturated heterocycles. The van der Waals surface area contributed by atoms with Gasteiger partial charge in [0.1, 0.15) is 0 Å². The molecule has 1 atom stereocenters. The van der Waals surface area contributed by atoms with Crippen LogP contribution in [0.2, 0.25) is 0 Å². The molecule has 1 fully saturated rings. The molecule has 0 amide bonds. The average molecular weight is 328 g/mol. The standard InChI is InChI=1S/C17H20N4OS/c1-2-17-16(18-3-5-21(17)4-1)8-14-9-20(6-7-22-11-14)10-15-12-23-13-19-15/h1-5,12-14H,6-11H2/t14-/m1/s1. The summed E-state index contributed by atoms with van der Waals surface area (Å²) in [6.07, 6.45) is 6.89. The lowest BCUT2D eigenvalue weighted by Crippen LogP contribution is -2.30. The fourth-order valence-electron chi connectivity index (χ4n) is 3.23. The molecule has 0 spiro atoms. The largest absolute Gasteiger partial charge is 0.380 e. The van der Waals surface area contributed by atoms with Crippen molar-refractivity contribution in [2.75, 3.05) is 26.3 Å². The minimum atomic E-state index is 0.463. The van der Waals surface area contributed by atoms with Crippen molar-refractivity contribution in [1.82, 2.24) is 19.3 Å². The molecule has 0 radical (unpaired) electrons. The Morgan fingerprint density at radius 3 is 3.22 bits per heavy atom. The monoisotopic (exact) mass is 328 g/mol. The van der Waals surface area contributed by atoms with Crippen molar-refractivity contribution in [3.8, 4) is 0 Å². The quantitative estimate of drug-likeness (QED) is 0.738. The van der Waals surface area contributed by atoms with E-state index in [-0.39, 0.29) is 0 Å². The lowest BCUT2D eigenvalue weighted by atomic mass is 10.0. The molecule has 5 nitrogen and oxygen atoms in total. The second kappa shape index (κ2) is 6.78. The third-order valence-electron chi connectivity index (χ3n) is 4.31. The number of thiazole rings is 1. The molecule has 0 aliphatic carbocycles. The zero-order chi connectivity index (χ0) is 15.5. The van der Waals surface area contributed by atoms with Gasteiger partial charge in [-0.25, -0.2) is 4.98 Å². The van der Waals surface area contributed by atoms with Gasteiger partial charge < -0.3 is 9.14 Å². The lowest BCUT2D eigenvalue weighted by molar-refractivity contribution is 0.121. The van der Waals surface area contributed by atoms with Crippen molar-refractivity contribution in [2.45, 2.75) is 13.0 Å². The van der Waals surface area contributed by atoms with Gasteiger partial charge in [-0.1, -0.05) is 0 Å². The van der Waals surface area contributed by atoms with Crippen molar-refractivity contribution in [2.24, 2.45) is 5.92 Å². The van der Waals surface area contributed by atoms with Crippen molar-refractivity contribution in [3.05, 3.63) is 53.0 Å². The first-order valence-corrected chi connectivity index (χ1v) is 8.90. The van der Waals surface area contributed by atoms with Crippen LogP contribution in [0.25, 0.3) is 5.52 Å². The van der Waals surface area contributed by atoms with E-state index in [0.717, 1.165) is 50.7 Å². The van der Waals surface area contributed by atoms with Gasteiger partial charge in [-0.3, -0.25) is 9.88 Å². The number of hydrogen-bond acceptors (Lipinski definition) is 5. The first-order valence-electron chi connectivity index (χ1n) is 7.96. The zero-order valence-corrected chi connectivity index (χ0v) is 13.8. The molecular weight excluding hydrogens is 308 g/mol. The maximum atomic E-state index is 5.83. The minimum absolute atomic E-state index is 0.463. The Kier molecular flexibility index (Phi) is 4.37. The second-order valence-corrected chi connectivity index (χ2v) is 6.75. The van der Waals surface area contributed by atoms with E-state index in [4.69, 9.17) is 4.74 Å². The Morgan fingerprint density at radius 2 is 2.30 bits per heavy atom. The topological polar surface area (TPSA) is 42.7 Å². The highest BCUT2D eigenvalue weighted by Crippen LogP contribution is 2.18. The molecule has 3 aromatic heterocycles. The Balaban J connectivity index is 1.48. The predicted molar refractivity (Wildman–Crippen MR) is 90.6 cm³/mol. The van der Waals surface area contributed by atoms with Crippen LogP contribution in [-0.2, 0) is 17.7 Å². The maximum Gasteiger partial charge on any atom is 0.0795 e. The molecule has 1 aliphatic heterocycles. The van der Waals surface area contributed by atoms with Crippen molar-refractivity contribution >= 4 is 16.9 Å². The van der Waals surface area contributed by atoms with E-state index in [0.29, 0.717) is 5.92 Å². The first kappa shape index (κ1) is 14.8. The smallest absolute Gasteiger partial charge is 0.0795 e. The number of fused-ring (bicyclic) bond motifs is 1. The van der Waals surface area contributed by atoms with Crippen LogP contribution in [0.1, 0.15) is 11.4 Å². The maximum absolute atomic E-state index is 5.83. The van der Waals surface area contributed by atoms with E-state index in [2.05, 4.69) is 43.0 Å². The summed E-state index contributed by atoms with van der Waals surface area (Å²) in [5, 5.41) is 2.13. The van der Waals surface area contributed by atoms with E-state index in [1.54, 1.807) is 11.3 Å². The molecule has 4 rings (SSSR count). The summed E-state index contributed by atoms with van der Waals surface area (Å²) < 4.78 is 7.96. The number of rotatable bonds is 4. The van der Waals surface area contributed by atoms with Gasteiger partial charge in [0.25, 0.3) is 0 Å². The summed E-state index contributed by atoms with van der Waals surface area (Å²) in [6, 6.07) is 4.20. The second-order valence-electron chi connectivity index (χ2n) is 6.03. The van der Waals surface area contributed by atoms with Crippen molar-refractivity contribution in [3.63, 3.8) is 0 Å². The van der Waals surface area contributed by atoms with Gasteiger partial charge in [0.15, 0.2) is 0 Å². The van der Waals surface area contributed by atoms with Crippen LogP contribution in [0.3, 0.4) is 0 Å². The SMILES string of the molecule is c1cc2c(C[C@H]3COCCN(Cc4cscn4)C3)nccn2c1. The van der Waals surface area contributed by atoms with Crippen LogP contribution in [0.4, 0.5) is 0 Å². The number of hydrogen-bond donors (Lipinski definition) is 0. The Hall–Kier alpha value is -1.76. The molecule has 6 heteroatoms. The lowest BCUT2D eigenvalue weighted by Gasteiger charge is -2.22. The number of ether oxygens (including phenoxy) is 1. The predicted octanol–water partition coefficient (Wildman–Crippen LogP) is 2.48. The molecule has 0 saturated carbocycles. The van der Waals surface area contributed by atoms with Crippen LogP contribution in [0.15, 0.2) is 41.6 Å². The molecule has 0 unspecified atom stereocenters. The Morgan fingerprint density at radius 1 is 1.30 bits per heavy atom. The molecule has 23 heavy (non-hydrogen) atoms. The van der Waals surface area contributed by atoms with Crippen LogP contribution >= 0.6 is 11.3 Å². The van der Waals surface area contributed by atoms with E-state index in [1.165, 1.54) is 5.52 Å². The molecule has 0 bridgehead atoms. The van der Waals surface area contributed by atoms with Gasteiger partial charge in [0, 0.05) is 49.5 Å². The van der Waals surface area contributed by atoms with Crippen LogP contribution < -0.4 is 0 Å². The number of aromatic nitrogens is 3. The fraction of sp³-hybridized carbons (Fsp3) is 0.412. The van der Waals surface area contributed by atoms with Crippen LogP contribution in [0.5, 0.6) is 0 Å². The zero-order valence-electron chi connectivity index (χ0n) is 13.0. The highest BCUT2D eigenvalue weighted by atomic mass is 32.1. The third-order valence-corrected chi connectivity index (χ3v) is 4.94. The normalized spacial score (nSPS) is 19.9. The first-order chi connectivity index (χ1) is 11.4. The van der Waals surface area contributed by atoms with Gasteiger partial charge in [0.05, 0.1) is 35.6 Å². The summed E-state index contributed by atoms with van der Waals surface area (Å²) in [4.78, 5) is 11.5. The molecule has 120 valence electrons. The van der Waals surface area contributed by atoms with E-state index >= 15 is 0 Å². The minimum Gasteiger partial charge on any atom is -0.380 e. The molecular formula is C17H20N4OS. The van der Waals surface area contributed by atoms with Gasteiger partial charge in [-0.05, 0) is 18.6 Å². The summed E-state index contributed by atoms with van der Waals surface area (Å²) in [5.41, 5.74) is 5.41. The van der Waals surface area contributed by atoms with Crippen LogP contribution in [0, 0.1) is 5.92 Å². The molecule has 4 heterocycles. The highest BCUT2D eigenvalue weighted by molar-refractivity contribution is 7.07. The Labute approximate surface area is 139 Å².